The number of piperazine rings is 1. The maximum atomic E-state index is 3.53. The van der Waals surface area contributed by atoms with Gasteiger partial charge in [0.15, 0.2) is 0 Å². The zero-order valence-electron chi connectivity index (χ0n) is 9.33. The molecule has 0 N–H and O–H groups in total. The third-order valence-corrected chi connectivity index (χ3v) is 3.63. The van der Waals surface area contributed by atoms with Crippen molar-refractivity contribution in [1.29, 1.82) is 0 Å². The van der Waals surface area contributed by atoms with Crippen LogP contribution in [0.5, 0.6) is 0 Å². The normalized spacial score (nSPS) is 18.2. The second-order valence-electron chi connectivity index (χ2n) is 4.19. The summed E-state index contributed by atoms with van der Waals surface area (Å²) in [7, 11) is 0. The Kier molecular flexibility index (Phi) is 3.32. The fraction of sp³-hybridized carbons (Fsp3) is 0.500. The summed E-state index contributed by atoms with van der Waals surface area (Å²) in [5.74, 6) is 0. The predicted octanol–water partition coefficient (Wildman–Crippen LogP) is 2.74. The molecule has 1 fully saturated rings. The average molecular weight is 269 g/mol. The van der Waals surface area contributed by atoms with Crippen molar-refractivity contribution in [2.45, 2.75) is 13.8 Å². The smallest absolute Gasteiger partial charge is 0.0397 e. The maximum Gasteiger partial charge on any atom is 0.0397 e. The van der Waals surface area contributed by atoms with Crippen molar-refractivity contribution in [3.05, 3.63) is 29.3 Å². The van der Waals surface area contributed by atoms with Gasteiger partial charge in [0, 0.05) is 48.0 Å². The molecule has 82 valence electrons. The van der Waals surface area contributed by atoms with Crippen LogP contribution in [0.3, 0.4) is 0 Å². The number of nitrogens with zero attached hydrogens (tertiary/aromatic N) is 2. The summed E-state index contributed by atoms with van der Waals surface area (Å²) in [6.45, 7) is 8.74. The summed E-state index contributed by atoms with van der Waals surface area (Å²) < 4.78 is 2.20. The molecule has 0 aromatic heterocycles. The van der Waals surface area contributed by atoms with Crippen LogP contribution in [0.2, 0.25) is 0 Å². The van der Waals surface area contributed by atoms with Crippen molar-refractivity contribution < 1.29 is 0 Å². The molecule has 0 bridgehead atoms. The highest BCUT2D eigenvalue weighted by Crippen LogP contribution is 2.22. The van der Waals surface area contributed by atoms with E-state index in [0.29, 0.717) is 0 Å². The van der Waals surface area contributed by atoms with Gasteiger partial charge < -0.3 is 4.90 Å². The van der Waals surface area contributed by atoms with Gasteiger partial charge in [0.25, 0.3) is 0 Å². The van der Waals surface area contributed by atoms with Gasteiger partial charge in [0.05, 0.1) is 0 Å². The molecule has 2 nitrogen and oxygen atoms in total. The minimum absolute atomic E-state index is 1.09. The SMILES string of the molecule is Cc1ccc(N2CCN(Br)CC2)c(C)c1. The highest BCUT2D eigenvalue weighted by molar-refractivity contribution is 9.07. The van der Waals surface area contributed by atoms with Gasteiger partial charge in [-0.2, -0.15) is 0 Å². The number of anilines is 1. The monoisotopic (exact) mass is 268 g/mol. The molecule has 0 unspecified atom stereocenters. The molecule has 1 heterocycles. The Hall–Kier alpha value is -0.540. The Morgan fingerprint density at radius 1 is 1.07 bits per heavy atom. The first-order chi connectivity index (χ1) is 7.16. The Morgan fingerprint density at radius 3 is 2.33 bits per heavy atom. The molecule has 1 saturated heterocycles. The Labute approximate surface area is 100 Å². The third-order valence-electron chi connectivity index (χ3n) is 2.92. The predicted molar refractivity (Wildman–Crippen MR) is 68.6 cm³/mol. The van der Waals surface area contributed by atoms with Crippen molar-refractivity contribution in [3.63, 3.8) is 0 Å². The van der Waals surface area contributed by atoms with Crippen LogP contribution in [-0.4, -0.2) is 30.1 Å². The first-order valence-corrected chi connectivity index (χ1v) is 6.10. The van der Waals surface area contributed by atoms with Gasteiger partial charge in [0.2, 0.25) is 0 Å². The number of hydrogen-bond acceptors (Lipinski definition) is 2. The van der Waals surface area contributed by atoms with Crippen LogP contribution < -0.4 is 4.90 Å². The van der Waals surface area contributed by atoms with E-state index in [0.717, 1.165) is 26.2 Å². The summed E-state index contributed by atoms with van der Waals surface area (Å²) in [4.78, 5) is 2.46. The number of benzene rings is 1. The highest BCUT2D eigenvalue weighted by Gasteiger charge is 2.16. The van der Waals surface area contributed by atoms with Crippen LogP contribution in [0, 0.1) is 13.8 Å². The molecule has 1 aromatic carbocycles. The lowest BCUT2D eigenvalue weighted by Crippen LogP contribution is -2.42. The maximum absolute atomic E-state index is 3.53. The summed E-state index contributed by atoms with van der Waals surface area (Å²) >= 11 is 3.53. The molecule has 0 atom stereocenters. The van der Waals surface area contributed by atoms with E-state index < -0.39 is 0 Å². The van der Waals surface area contributed by atoms with Crippen molar-refractivity contribution in [2.75, 3.05) is 31.1 Å². The van der Waals surface area contributed by atoms with E-state index >= 15 is 0 Å². The molecule has 2 rings (SSSR count). The van der Waals surface area contributed by atoms with Crippen molar-refractivity contribution in [2.24, 2.45) is 0 Å². The fourth-order valence-electron chi connectivity index (χ4n) is 2.08. The average Bonchev–Trinajstić information content (AvgIpc) is 2.20. The molecule has 15 heavy (non-hydrogen) atoms. The summed E-state index contributed by atoms with van der Waals surface area (Å²) in [6, 6.07) is 6.70. The number of aryl methyl sites for hydroxylation is 2. The molecule has 0 aliphatic carbocycles. The molecule has 3 heteroatoms. The van der Waals surface area contributed by atoms with E-state index in [9.17, 15) is 0 Å². The summed E-state index contributed by atoms with van der Waals surface area (Å²) in [6.07, 6.45) is 0. The Morgan fingerprint density at radius 2 is 1.73 bits per heavy atom. The number of halogens is 1. The zero-order chi connectivity index (χ0) is 10.8. The van der Waals surface area contributed by atoms with Gasteiger partial charge in [-0.3, -0.25) is 0 Å². The molecular weight excluding hydrogens is 252 g/mol. The minimum Gasteiger partial charge on any atom is -0.369 e. The molecule has 1 aromatic rings. The van der Waals surface area contributed by atoms with E-state index in [1.165, 1.54) is 16.8 Å². The van der Waals surface area contributed by atoms with Crippen LogP contribution in [0.25, 0.3) is 0 Å². The lowest BCUT2D eigenvalue weighted by Gasteiger charge is -2.33. The molecule has 1 aliphatic heterocycles. The van der Waals surface area contributed by atoms with E-state index in [1.807, 2.05) is 0 Å². The van der Waals surface area contributed by atoms with Crippen molar-refractivity contribution >= 4 is 21.8 Å². The van der Waals surface area contributed by atoms with E-state index in [-0.39, 0.29) is 0 Å². The zero-order valence-corrected chi connectivity index (χ0v) is 10.9. The number of rotatable bonds is 1. The van der Waals surface area contributed by atoms with Crippen LogP contribution >= 0.6 is 16.1 Å². The van der Waals surface area contributed by atoms with Gasteiger partial charge in [-0.05, 0) is 25.5 Å². The van der Waals surface area contributed by atoms with Crippen LogP contribution in [0.15, 0.2) is 18.2 Å². The van der Waals surface area contributed by atoms with Gasteiger partial charge in [-0.15, -0.1) is 0 Å². The largest absolute Gasteiger partial charge is 0.369 e. The van der Waals surface area contributed by atoms with Gasteiger partial charge in [-0.25, -0.2) is 3.93 Å². The Bertz CT molecular complexity index is 343. The topological polar surface area (TPSA) is 6.48 Å². The molecule has 0 saturated carbocycles. The molecule has 0 spiro atoms. The molecule has 1 aliphatic rings. The van der Waals surface area contributed by atoms with Crippen LogP contribution in [0.4, 0.5) is 5.69 Å². The van der Waals surface area contributed by atoms with Crippen LogP contribution in [0.1, 0.15) is 11.1 Å². The summed E-state index contributed by atoms with van der Waals surface area (Å²) in [5, 5.41) is 0. The van der Waals surface area contributed by atoms with E-state index in [1.54, 1.807) is 0 Å². The number of hydrogen-bond donors (Lipinski definition) is 0. The van der Waals surface area contributed by atoms with Crippen LogP contribution in [-0.2, 0) is 0 Å². The van der Waals surface area contributed by atoms with E-state index in [2.05, 4.69) is 57.0 Å². The van der Waals surface area contributed by atoms with Crippen molar-refractivity contribution in [3.8, 4) is 0 Å². The quantitative estimate of drug-likeness (QED) is 0.723. The minimum atomic E-state index is 1.09. The fourth-order valence-corrected chi connectivity index (χ4v) is 2.40. The second kappa shape index (κ2) is 4.54. The molecule has 0 radical (unpaired) electrons. The molecule has 0 amide bonds. The van der Waals surface area contributed by atoms with Gasteiger partial charge in [-0.1, -0.05) is 17.7 Å². The molecular formula is C12H17BrN2. The second-order valence-corrected chi connectivity index (χ2v) is 5.19. The summed E-state index contributed by atoms with van der Waals surface area (Å²) in [5.41, 5.74) is 4.12. The van der Waals surface area contributed by atoms with Crippen molar-refractivity contribution in [1.82, 2.24) is 3.93 Å². The van der Waals surface area contributed by atoms with E-state index in [4.69, 9.17) is 0 Å². The van der Waals surface area contributed by atoms with Gasteiger partial charge in [0.1, 0.15) is 0 Å². The first-order valence-electron chi connectivity index (χ1n) is 5.40. The first kappa shape index (κ1) is 11.0. The van der Waals surface area contributed by atoms with Gasteiger partial charge >= 0.3 is 0 Å². The lowest BCUT2D eigenvalue weighted by atomic mass is 10.1. The third kappa shape index (κ3) is 2.52. The standard InChI is InChI=1S/C12H17BrN2/c1-10-3-4-12(11(2)9-10)14-5-7-15(13)8-6-14/h3-4,9H,5-8H2,1-2H3. The Balaban J connectivity index is 2.15. The lowest BCUT2D eigenvalue weighted by molar-refractivity contribution is 0.443. The highest BCUT2D eigenvalue weighted by atomic mass is 79.9.